The van der Waals surface area contributed by atoms with E-state index in [1.54, 1.807) is 31.2 Å². The number of para-hydroxylation sites is 1. The number of hydrogen-bond acceptors (Lipinski definition) is 2. The summed E-state index contributed by atoms with van der Waals surface area (Å²) in [6.07, 6.45) is 0.622. The minimum Gasteiger partial charge on any atom is -0.322 e. The molecule has 1 unspecified atom stereocenters. The Morgan fingerprint density at radius 3 is 2.30 bits per heavy atom. The van der Waals surface area contributed by atoms with Crippen molar-refractivity contribution in [1.29, 1.82) is 0 Å². The minimum atomic E-state index is -0.863. The average molecular weight is 374 g/mol. The summed E-state index contributed by atoms with van der Waals surface area (Å²) in [6, 6.07) is 11.0. The van der Waals surface area contributed by atoms with Gasteiger partial charge in [0.1, 0.15) is 17.7 Å². The molecule has 0 aliphatic carbocycles. The molecule has 2 aromatic carbocycles. The lowest BCUT2D eigenvalue weighted by Crippen LogP contribution is -2.47. The van der Waals surface area contributed by atoms with Crippen molar-refractivity contribution in [2.24, 2.45) is 5.92 Å². The fourth-order valence-electron chi connectivity index (χ4n) is 2.83. The minimum absolute atomic E-state index is 0.121. The smallest absolute Gasteiger partial charge is 0.247 e. The first-order valence-electron chi connectivity index (χ1n) is 8.96. The molecule has 1 N–H and O–H groups in total. The number of carbonyl (C=O) groups excluding carboxylic acids is 2. The van der Waals surface area contributed by atoms with Gasteiger partial charge in [-0.25, -0.2) is 8.78 Å². The van der Waals surface area contributed by atoms with E-state index in [1.807, 2.05) is 19.9 Å². The maximum absolute atomic E-state index is 13.9. The number of benzene rings is 2. The Morgan fingerprint density at radius 1 is 1.07 bits per heavy atom. The van der Waals surface area contributed by atoms with Crippen molar-refractivity contribution in [2.75, 3.05) is 10.2 Å². The molecule has 2 aromatic rings. The first kappa shape index (κ1) is 20.6. The largest absolute Gasteiger partial charge is 0.322 e. The molecular formula is C21H24F2N2O2. The molecule has 0 heterocycles. The molecular weight excluding hydrogens is 350 g/mol. The normalized spacial score (nSPS) is 11.9. The molecule has 0 aliphatic rings. The molecule has 0 spiro atoms. The Kier molecular flexibility index (Phi) is 7.05. The second-order valence-electron chi connectivity index (χ2n) is 6.73. The van der Waals surface area contributed by atoms with Gasteiger partial charge in [0, 0.05) is 18.2 Å². The van der Waals surface area contributed by atoms with E-state index in [1.165, 1.54) is 4.90 Å². The van der Waals surface area contributed by atoms with Crippen molar-refractivity contribution in [2.45, 2.75) is 39.7 Å². The van der Waals surface area contributed by atoms with Crippen LogP contribution in [0.25, 0.3) is 0 Å². The van der Waals surface area contributed by atoms with Crippen LogP contribution in [0.3, 0.4) is 0 Å². The second-order valence-corrected chi connectivity index (χ2v) is 6.73. The summed E-state index contributed by atoms with van der Waals surface area (Å²) >= 11 is 0. The van der Waals surface area contributed by atoms with Crippen LogP contribution in [-0.2, 0) is 9.59 Å². The Morgan fingerprint density at radius 2 is 1.74 bits per heavy atom. The zero-order valence-corrected chi connectivity index (χ0v) is 15.7. The predicted octanol–water partition coefficient (Wildman–Crippen LogP) is 4.76. The summed E-state index contributed by atoms with van der Waals surface area (Å²) in [5.41, 5.74) is 0.480. The summed E-state index contributed by atoms with van der Waals surface area (Å²) in [7, 11) is 0. The van der Waals surface area contributed by atoms with Crippen LogP contribution in [0.4, 0.5) is 20.2 Å². The van der Waals surface area contributed by atoms with Gasteiger partial charge in [0.15, 0.2) is 0 Å². The lowest BCUT2D eigenvalue weighted by molar-refractivity contribution is -0.124. The van der Waals surface area contributed by atoms with Crippen LogP contribution >= 0.6 is 0 Å². The zero-order chi connectivity index (χ0) is 20.0. The predicted molar refractivity (Wildman–Crippen MR) is 102 cm³/mol. The SMILES string of the molecule is CCC(C(=O)Nc1ccc(F)cc1F)N(C(=O)CC(C)C)c1ccccc1. The molecule has 144 valence electrons. The number of amides is 2. The third-order valence-corrected chi connectivity index (χ3v) is 4.08. The summed E-state index contributed by atoms with van der Waals surface area (Å²) in [6.45, 7) is 5.63. The number of rotatable bonds is 7. The molecule has 0 fully saturated rings. The third kappa shape index (κ3) is 5.36. The van der Waals surface area contributed by atoms with Crippen molar-refractivity contribution in [1.82, 2.24) is 0 Å². The number of nitrogens with one attached hydrogen (secondary N) is 1. The first-order valence-corrected chi connectivity index (χ1v) is 8.96. The van der Waals surface area contributed by atoms with Crippen LogP contribution in [0.1, 0.15) is 33.6 Å². The Bertz CT molecular complexity index is 794. The van der Waals surface area contributed by atoms with Crippen LogP contribution in [0, 0.1) is 17.6 Å². The van der Waals surface area contributed by atoms with Gasteiger partial charge in [-0.05, 0) is 36.6 Å². The van der Waals surface area contributed by atoms with E-state index in [0.29, 0.717) is 18.2 Å². The van der Waals surface area contributed by atoms with Crippen molar-refractivity contribution in [3.8, 4) is 0 Å². The van der Waals surface area contributed by atoms with Gasteiger partial charge in [-0.15, -0.1) is 0 Å². The lowest BCUT2D eigenvalue weighted by atomic mass is 10.1. The van der Waals surface area contributed by atoms with Gasteiger partial charge in [0.2, 0.25) is 11.8 Å². The van der Waals surface area contributed by atoms with Gasteiger partial charge in [-0.2, -0.15) is 0 Å². The highest BCUT2D eigenvalue weighted by molar-refractivity contribution is 6.05. The molecule has 1 atom stereocenters. The van der Waals surface area contributed by atoms with Crippen LogP contribution < -0.4 is 10.2 Å². The van der Waals surface area contributed by atoms with E-state index in [0.717, 1.165) is 12.1 Å². The molecule has 2 amide bonds. The molecule has 0 saturated heterocycles. The highest BCUT2D eigenvalue weighted by Crippen LogP contribution is 2.23. The number of nitrogens with zero attached hydrogens (tertiary/aromatic N) is 1. The number of anilines is 2. The van der Waals surface area contributed by atoms with Crippen LogP contribution in [0.15, 0.2) is 48.5 Å². The highest BCUT2D eigenvalue weighted by Gasteiger charge is 2.30. The van der Waals surface area contributed by atoms with Crippen LogP contribution in [-0.4, -0.2) is 17.9 Å². The van der Waals surface area contributed by atoms with Crippen molar-refractivity contribution in [3.05, 3.63) is 60.2 Å². The van der Waals surface area contributed by atoms with E-state index in [9.17, 15) is 18.4 Å². The first-order chi connectivity index (χ1) is 12.8. The maximum Gasteiger partial charge on any atom is 0.247 e. The van der Waals surface area contributed by atoms with E-state index < -0.39 is 23.6 Å². The van der Waals surface area contributed by atoms with Gasteiger partial charge in [0.05, 0.1) is 5.69 Å². The van der Waals surface area contributed by atoms with Gasteiger partial charge < -0.3 is 5.32 Å². The molecule has 4 nitrogen and oxygen atoms in total. The fourth-order valence-corrected chi connectivity index (χ4v) is 2.83. The Hall–Kier alpha value is -2.76. The molecule has 0 bridgehead atoms. The molecule has 0 aromatic heterocycles. The topological polar surface area (TPSA) is 49.4 Å². The van der Waals surface area contributed by atoms with E-state index in [2.05, 4.69) is 5.32 Å². The molecule has 0 radical (unpaired) electrons. The third-order valence-electron chi connectivity index (χ3n) is 4.08. The molecule has 2 rings (SSSR count). The van der Waals surface area contributed by atoms with E-state index in [-0.39, 0.29) is 23.9 Å². The monoisotopic (exact) mass is 374 g/mol. The quantitative estimate of drug-likeness (QED) is 0.759. The second kappa shape index (κ2) is 9.26. The number of hydrogen-bond donors (Lipinski definition) is 1. The standard InChI is InChI=1S/C21H24F2N2O2/c1-4-19(21(27)24-18-11-10-15(22)13-17(18)23)25(20(26)12-14(2)3)16-8-6-5-7-9-16/h5-11,13-14,19H,4,12H2,1-3H3,(H,24,27). The number of carbonyl (C=O) groups is 2. The Labute approximate surface area is 158 Å². The van der Waals surface area contributed by atoms with Gasteiger partial charge in [-0.3, -0.25) is 14.5 Å². The molecule has 6 heteroatoms. The Balaban J connectivity index is 2.32. The van der Waals surface area contributed by atoms with Crippen molar-refractivity contribution >= 4 is 23.2 Å². The van der Waals surface area contributed by atoms with E-state index >= 15 is 0 Å². The van der Waals surface area contributed by atoms with Gasteiger partial charge in [0.25, 0.3) is 0 Å². The van der Waals surface area contributed by atoms with Crippen LogP contribution in [0.2, 0.25) is 0 Å². The highest BCUT2D eigenvalue weighted by atomic mass is 19.1. The lowest BCUT2D eigenvalue weighted by Gasteiger charge is -2.31. The van der Waals surface area contributed by atoms with Crippen molar-refractivity contribution < 1.29 is 18.4 Å². The molecule has 0 aliphatic heterocycles. The van der Waals surface area contributed by atoms with Crippen LogP contribution in [0.5, 0.6) is 0 Å². The van der Waals surface area contributed by atoms with Crippen molar-refractivity contribution in [3.63, 3.8) is 0 Å². The summed E-state index contributed by atoms with van der Waals surface area (Å²) < 4.78 is 27.0. The molecule has 0 saturated carbocycles. The van der Waals surface area contributed by atoms with E-state index in [4.69, 9.17) is 0 Å². The number of halogens is 2. The summed E-state index contributed by atoms with van der Waals surface area (Å²) in [4.78, 5) is 27.1. The fraction of sp³-hybridized carbons (Fsp3) is 0.333. The average Bonchev–Trinajstić information content (AvgIpc) is 2.61. The van der Waals surface area contributed by atoms with Gasteiger partial charge >= 0.3 is 0 Å². The molecule has 27 heavy (non-hydrogen) atoms. The van der Waals surface area contributed by atoms with Gasteiger partial charge in [-0.1, -0.05) is 39.0 Å². The summed E-state index contributed by atoms with van der Waals surface area (Å²) in [5, 5.41) is 2.47. The summed E-state index contributed by atoms with van der Waals surface area (Å²) in [5.74, 6) is -2.17. The maximum atomic E-state index is 13.9. The zero-order valence-electron chi connectivity index (χ0n) is 15.7.